The molecule has 28 heavy (non-hydrogen) atoms. The molecular formula is C22H23N3O3. The van der Waals surface area contributed by atoms with E-state index in [-0.39, 0.29) is 11.3 Å². The molecule has 1 aliphatic heterocycles. The predicted octanol–water partition coefficient (Wildman–Crippen LogP) is 3.94. The smallest absolute Gasteiger partial charge is 0.266 e. The molecule has 6 heteroatoms. The van der Waals surface area contributed by atoms with Crippen molar-refractivity contribution >= 4 is 23.4 Å². The van der Waals surface area contributed by atoms with Crippen LogP contribution in [0.5, 0.6) is 11.5 Å². The van der Waals surface area contributed by atoms with Gasteiger partial charge in [-0.2, -0.15) is 5.26 Å². The molecular weight excluding hydrogens is 354 g/mol. The summed E-state index contributed by atoms with van der Waals surface area (Å²) in [6.07, 6.45) is 5.14. The lowest BCUT2D eigenvalue weighted by Crippen LogP contribution is -2.29. The molecule has 0 unspecified atom stereocenters. The van der Waals surface area contributed by atoms with Crippen LogP contribution >= 0.6 is 0 Å². The van der Waals surface area contributed by atoms with Crippen molar-refractivity contribution in [3.05, 3.63) is 53.6 Å². The quantitative estimate of drug-likeness (QED) is 0.468. The molecule has 1 saturated heterocycles. The van der Waals surface area contributed by atoms with Crippen LogP contribution in [0.1, 0.15) is 24.8 Å². The summed E-state index contributed by atoms with van der Waals surface area (Å²) in [7, 11) is 1.58. The van der Waals surface area contributed by atoms with Gasteiger partial charge in [0, 0.05) is 36.1 Å². The summed E-state index contributed by atoms with van der Waals surface area (Å²) in [5, 5.41) is 21.4. The second-order valence-electron chi connectivity index (χ2n) is 6.64. The van der Waals surface area contributed by atoms with Gasteiger partial charge in [-0.3, -0.25) is 4.79 Å². The molecule has 0 aromatic heterocycles. The van der Waals surface area contributed by atoms with Gasteiger partial charge in [0.15, 0.2) is 0 Å². The van der Waals surface area contributed by atoms with Crippen LogP contribution < -0.4 is 15.0 Å². The van der Waals surface area contributed by atoms with Crippen LogP contribution in [0.15, 0.2) is 48.0 Å². The number of nitriles is 1. The van der Waals surface area contributed by atoms with Gasteiger partial charge in [0.05, 0.1) is 7.11 Å². The summed E-state index contributed by atoms with van der Waals surface area (Å²) in [4.78, 5) is 14.8. The third-order valence-electron chi connectivity index (χ3n) is 4.73. The van der Waals surface area contributed by atoms with E-state index in [1.165, 1.54) is 37.5 Å². The summed E-state index contributed by atoms with van der Waals surface area (Å²) < 4.78 is 5.49. The lowest BCUT2D eigenvalue weighted by molar-refractivity contribution is -0.112. The van der Waals surface area contributed by atoms with E-state index in [1.54, 1.807) is 19.2 Å². The Labute approximate surface area is 164 Å². The number of hydrogen-bond acceptors (Lipinski definition) is 5. The summed E-state index contributed by atoms with van der Waals surface area (Å²) >= 11 is 0. The van der Waals surface area contributed by atoms with Crippen molar-refractivity contribution in [2.75, 3.05) is 30.4 Å². The van der Waals surface area contributed by atoms with Crippen molar-refractivity contribution in [3.8, 4) is 17.6 Å². The van der Waals surface area contributed by atoms with Crippen LogP contribution in [0.3, 0.4) is 0 Å². The average molecular weight is 377 g/mol. The van der Waals surface area contributed by atoms with Crippen molar-refractivity contribution in [2.45, 2.75) is 19.3 Å². The molecule has 0 saturated carbocycles. The maximum absolute atomic E-state index is 12.4. The number of anilines is 2. The third kappa shape index (κ3) is 4.63. The van der Waals surface area contributed by atoms with Crippen LogP contribution in [0, 0.1) is 11.3 Å². The van der Waals surface area contributed by atoms with Crippen LogP contribution in [0.4, 0.5) is 11.4 Å². The van der Waals surface area contributed by atoms with Crippen molar-refractivity contribution in [2.24, 2.45) is 0 Å². The summed E-state index contributed by atoms with van der Waals surface area (Å²) in [5.41, 5.74) is 2.22. The van der Waals surface area contributed by atoms with E-state index in [9.17, 15) is 15.2 Å². The fourth-order valence-corrected chi connectivity index (χ4v) is 3.22. The predicted molar refractivity (Wildman–Crippen MR) is 109 cm³/mol. The minimum atomic E-state index is -0.518. The second-order valence-corrected chi connectivity index (χ2v) is 6.64. The number of aromatic hydroxyl groups is 1. The van der Waals surface area contributed by atoms with E-state index in [4.69, 9.17) is 4.74 Å². The number of methoxy groups -OCH3 is 1. The number of phenols is 1. The SMILES string of the molecule is COc1cc(N2CCCCC2)ccc1/C=C(/C#N)C(=O)Nc1ccc(O)cc1. The Kier molecular flexibility index (Phi) is 6.18. The Hall–Kier alpha value is -3.46. The van der Waals surface area contributed by atoms with Crippen LogP contribution in [0.25, 0.3) is 6.08 Å². The fraction of sp³-hybridized carbons (Fsp3) is 0.273. The van der Waals surface area contributed by atoms with E-state index in [1.807, 2.05) is 24.3 Å². The Morgan fingerprint density at radius 1 is 1.18 bits per heavy atom. The number of carbonyl (C=O) groups excluding carboxylic acids is 1. The second kappa shape index (κ2) is 8.96. The number of piperidine rings is 1. The van der Waals surface area contributed by atoms with E-state index in [0.29, 0.717) is 17.0 Å². The number of carbonyl (C=O) groups is 1. The number of benzene rings is 2. The summed E-state index contributed by atoms with van der Waals surface area (Å²) in [6.45, 7) is 2.05. The summed E-state index contributed by atoms with van der Waals surface area (Å²) in [5.74, 6) is 0.205. The summed E-state index contributed by atoms with van der Waals surface area (Å²) in [6, 6.07) is 13.8. The Morgan fingerprint density at radius 2 is 1.89 bits per heavy atom. The molecule has 0 atom stereocenters. The molecule has 1 heterocycles. The van der Waals surface area contributed by atoms with Gasteiger partial charge >= 0.3 is 0 Å². The van der Waals surface area contributed by atoms with Crippen molar-refractivity contribution in [1.29, 1.82) is 5.26 Å². The van der Waals surface area contributed by atoms with Gasteiger partial charge < -0.3 is 20.1 Å². The average Bonchev–Trinajstić information content (AvgIpc) is 2.74. The maximum atomic E-state index is 12.4. The molecule has 3 rings (SSSR count). The highest BCUT2D eigenvalue weighted by molar-refractivity contribution is 6.09. The van der Waals surface area contributed by atoms with Gasteiger partial charge in [-0.1, -0.05) is 0 Å². The van der Waals surface area contributed by atoms with E-state index < -0.39 is 5.91 Å². The van der Waals surface area contributed by atoms with Gasteiger partial charge in [0.1, 0.15) is 23.1 Å². The van der Waals surface area contributed by atoms with Gasteiger partial charge in [0.2, 0.25) is 0 Å². The number of phenolic OH excluding ortho intramolecular Hbond substituents is 1. The van der Waals surface area contributed by atoms with E-state index >= 15 is 0 Å². The number of nitrogens with zero attached hydrogens (tertiary/aromatic N) is 2. The molecule has 0 radical (unpaired) electrons. The van der Waals surface area contributed by atoms with Crippen molar-refractivity contribution < 1.29 is 14.6 Å². The third-order valence-corrected chi connectivity index (χ3v) is 4.73. The molecule has 1 amide bonds. The van der Waals surface area contributed by atoms with Gasteiger partial charge in [-0.15, -0.1) is 0 Å². The zero-order chi connectivity index (χ0) is 19.9. The lowest BCUT2D eigenvalue weighted by Gasteiger charge is -2.29. The normalized spacial score (nSPS) is 14.3. The highest BCUT2D eigenvalue weighted by atomic mass is 16.5. The highest BCUT2D eigenvalue weighted by Crippen LogP contribution is 2.29. The number of ether oxygens (including phenoxy) is 1. The fourth-order valence-electron chi connectivity index (χ4n) is 3.22. The molecule has 1 fully saturated rings. The number of rotatable bonds is 5. The number of hydrogen-bond donors (Lipinski definition) is 2. The molecule has 0 aliphatic carbocycles. The molecule has 144 valence electrons. The first kappa shape index (κ1) is 19.3. The molecule has 1 aliphatic rings. The van der Waals surface area contributed by atoms with Crippen molar-refractivity contribution in [1.82, 2.24) is 0 Å². The van der Waals surface area contributed by atoms with E-state index in [2.05, 4.69) is 10.2 Å². The van der Waals surface area contributed by atoms with Gasteiger partial charge in [-0.05, 0) is 61.7 Å². The minimum absolute atomic E-state index is 0.0305. The van der Waals surface area contributed by atoms with Gasteiger partial charge in [0.25, 0.3) is 5.91 Å². The first-order chi connectivity index (χ1) is 13.6. The molecule has 2 aromatic carbocycles. The first-order valence-corrected chi connectivity index (χ1v) is 9.26. The Bertz CT molecular complexity index is 908. The number of amides is 1. The molecule has 6 nitrogen and oxygen atoms in total. The Balaban J connectivity index is 1.81. The lowest BCUT2D eigenvalue weighted by atomic mass is 10.1. The standard InChI is InChI=1S/C22H23N3O3/c1-28-21-14-19(25-11-3-2-4-12-25)8-5-16(21)13-17(15-23)22(27)24-18-6-9-20(26)10-7-18/h5-10,13-14,26H,2-4,11-12H2,1H3,(H,24,27)/b17-13-. The molecule has 2 N–H and O–H groups in total. The topological polar surface area (TPSA) is 85.6 Å². The molecule has 2 aromatic rings. The maximum Gasteiger partial charge on any atom is 0.266 e. The zero-order valence-electron chi connectivity index (χ0n) is 15.8. The van der Waals surface area contributed by atoms with E-state index in [0.717, 1.165) is 18.8 Å². The van der Waals surface area contributed by atoms with Crippen LogP contribution in [0.2, 0.25) is 0 Å². The number of nitrogens with one attached hydrogen (secondary N) is 1. The van der Waals surface area contributed by atoms with Gasteiger partial charge in [-0.25, -0.2) is 0 Å². The zero-order valence-corrected chi connectivity index (χ0v) is 15.8. The van der Waals surface area contributed by atoms with Crippen LogP contribution in [-0.4, -0.2) is 31.2 Å². The Morgan fingerprint density at radius 3 is 2.54 bits per heavy atom. The first-order valence-electron chi connectivity index (χ1n) is 9.26. The monoisotopic (exact) mass is 377 g/mol. The van der Waals surface area contributed by atoms with Crippen molar-refractivity contribution in [3.63, 3.8) is 0 Å². The molecule has 0 spiro atoms. The largest absolute Gasteiger partial charge is 0.508 e. The molecule has 0 bridgehead atoms. The minimum Gasteiger partial charge on any atom is -0.508 e. The van der Waals surface area contributed by atoms with Crippen LogP contribution in [-0.2, 0) is 4.79 Å². The highest BCUT2D eigenvalue weighted by Gasteiger charge is 2.15.